The van der Waals surface area contributed by atoms with Crippen LogP contribution in [0.5, 0.6) is 5.75 Å². The Morgan fingerprint density at radius 1 is 0.970 bits per heavy atom. The molecule has 2 aliphatic heterocycles. The molecule has 0 saturated carbocycles. The van der Waals surface area contributed by atoms with Gasteiger partial charge in [0, 0.05) is 18.1 Å². The maximum absolute atomic E-state index is 7.01. The van der Waals surface area contributed by atoms with E-state index in [-0.39, 0.29) is 5.41 Å². The van der Waals surface area contributed by atoms with E-state index < -0.39 is 5.72 Å². The van der Waals surface area contributed by atoms with E-state index in [4.69, 9.17) is 9.73 Å². The second-order valence-corrected chi connectivity index (χ2v) is 10.3. The maximum Gasteiger partial charge on any atom is 0.228 e. The Morgan fingerprint density at radius 2 is 1.76 bits per heavy atom. The Kier molecular flexibility index (Phi) is 4.65. The van der Waals surface area contributed by atoms with E-state index >= 15 is 0 Å². The van der Waals surface area contributed by atoms with E-state index in [1.807, 2.05) is 6.21 Å². The number of anilines is 1. The van der Waals surface area contributed by atoms with Gasteiger partial charge in [-0.2, -0.15) is 0 Å². The lowest BCUT2D eigenvalue weighted by atomic mass is 9.77. The summed E-state index contributed by atoms with van der Waals surface area (Å²) in [6, 6.07) is 19.6. The first kappa shape index (κ1) is 20.5. The first-order chi connectivity index (χ1) is 16.0. The Balaban J connectivity index is 1.48. The largest absolute Gasteiger partial charge is 0.459 e. The summed E-state index contributed by atoms with van der Waals surface area (Å²) in [4.78, 5) is 7.34. The number of nitrogens with zero attached hydrogens (tertiary/aromatic N) is 2. The molecule has 0 saturated heterocycles. The van der Waals surface area contributed by atoms with E-state index in [1.165, 1.54) is 59.7 Å². The Hall–Kier alpha value is -3.07. The highest BCUT2D eigenvalue weighted by Gasteiger charge is 2.58. The van der Waals surface area contributed by atoms with Crippen molar-refractivity contribution in [1.29, 1.82) is 0 Å². The van der Waals surface area contributed by atoms with Crippen LogP contribution in [-0.2, 0) is 11.8 Å². The molecule has 1 aliphatic carbocycles. The van der Waals surface area contributed by atoms with Gasteiger partial charge in [0.25, 0.3) is 0 Å². The van der Waals surface area contributed by atoms with Crippen molar-refractivity contribution in [2.75, 3.05) is 11.9 Å². The number of likely N-dealkylation sites (N-methyl/N-ethyl adjacent to an activating group) is 1. The summed E-state index contributed by atoms with van der Waals surface area (Å²) in [6.45, 7) is 4.54. The second-order valence-electron chi connectivity index (χ2n) is 10.3. The molecule has 3 nitrogen and oxygen atoms in total. The highest BCUT2D eigenvalue weighted by Crippen LogP contribution is 2.54. The molecule has 168 valence electrons. The second kappa shape index (κ2) is 7.48. The molecule has 2 heterocycles. The summed E-state index contributed by atoms with van der Waals surface area (Å²) in [6.07, 6.45) is 11.9. The third-order valence-corrected chi connectivity index (χ3v) is 8.09. The number of para-hydroxylation sites is 1. The lowest BCUT2D eigenvalue weighted by Gasteiger charge is -2.45. The summed E-state index contributed by atoms with van der Waals surface area (Å²) in [5.74, 6) is 0.896. The number of fused-ring (bicyclic) bond motifs is 4. The van der Waals surface area contributed by atoms with E-state index in [0.29, 0.717) is 0 Å². The highest BCUT2D eigenvalue weighted by atomic mass is 16.5. The van der Waals surface area contributed by atoms with Crippen molar-refractivity contribution >= 4 is 28.4 Å². The van der Waals surface area contributed by atoms with Crippen molar-refractivity contribution in [3.8, 4) is 5.75 Å². The van der Waals surface area contributed by atoms with Crippen LogP contribution in [-0.4, -0.2) is 19.0 Å². The molecule has 33 heavy (non-hydrogen) atoms. The van der Waals surface area contributed by atoms with Crippen molar-refractivity contribution in [3.05, 3.63) is 77.4 Å². The lowest BCUT2D eigenvalue weighted by Crippen LogP contribution is -2.61. The van der Waals surface area contributed by atoms with Crippen LogP contribution in [0.25, 0.3) is 10.8 Å². The summed E-state index contributed by atoms with van der Waals surface area (Å²) in [7, 11) is 2.13. The van der Waals surface area contributed by atoms with Gasteiger partial charge in [-0.25, -0.2) is 0 Å². The molecular formula is C30H32N2O. The molecule has 6 rings (SSSR count). The van der Waals surface area contributed by atoms with Gasteiger partial charge in [-0.1, -0.05) is 60.5 Å². The van der Waals surface area contributed by atoms with Gasteiger partial charge in [0.15, 0.2) is 0 Å². The number of ether oxygens (including phenoxy) is 1. The average molecular weight is 437 g/mol. The molecule has 3 heteroatoms. The SMILES string of the molecule is CN1c2ccccc2C(C)(C)C12C=Nc1c(cc(CC3=CCCCCC3)c3ccccc13)O2. The fraction of sp³-hybridized carbons (Fsp3) is 0.367. The fourth-order valence-corrected chi connectivity index (χ4v) is 6.13. The molecule has 1 spiro atoms. The molecule has 3 aromatic rings. The third kappa shape index (κ3) is 2.98. The van der Waals surface area contributed by atoms with E-state index in [2.05, 4.69) is 86.5 Å². The monoisotopic (exact) mass is 436 g/mol. The molecular weight excluding hydrogens is 404 g/mol. The minimum absolute atomic E-state index is 0.241. The molecule has 0 bridgehead atoms. The molecule has 3 aromatic carbocycles. The topological polar surface area (TPSA) is 24.8 Å². The zero-order chi connectivity index (χ0) is 22.6. The van der Waals surface area contributed by atoms with Crippen molar-refractivity contribution in [2.45, 2.75) is 63.5 Å². The van der Waals surface area contributed by atoms with Crippen molar-refractivity contribution in [3.63, 3.8) is 0 Å². The zero-order valence-electron chi connectivity index (χ0n) is 19.9. The minimum atomic E-state index is -0.648. The predicted molar refractivity (Wildman–Crippen MR) is 138 cm³/mol. The minimum Gasteiger partial charge on any atom is -0.459 e. The predicted octanol–water partition coefficient (Wildman–Crippen LogP) is 7.49. The van der Waals surface area contributed by atoms with Crippen LogP contribution < -0.4 is 9.64 Å². The van der Waals surface area contributed by atoms with E-state index in [9.17, 15) is 0 Å². The summed E-state index contributed by atoms with van der Waals surface area (Å²) in [5.41, 5.74) is 5.49. The van der Waals surface area contributed by atoms with Gasteiger partial charge in [0.1, 0.15) is 11.4 Å². The summed E-state index contributed by atoms with van der Waals surface area (Å²) >= 11 is 0. The molecule has 1 atom stereocenters. The van der Waals surface area contributed by atoms with Gasteiger partial charge in [0.2, 0.25) is 5.72 Å². The Labute approximate surface area is 196 Å². The molecule has 0 fully saturated rings. The molecule has 3 aliphatic rings. The van der Waals surface area contributed by atoms with Gasteiger partial charge in [-0.3, -0.25) is 4.99 Å². The number of rotatable bonds is 2. The van der Waals surface area contributed by atoms with Gasteiger partial charge in [-0.05, 0) is 74.6 Å². The van der Waals surface area contributed by atoms with Crippen LogP contribution >= 0.6 is 0 Å². The van der Waals surface area contributed by atoms with Crippen LogP contribution in [0.3, 0.4) is 0 Å². The number of hydrogen-bond acceptors (Lipinski definition) is 3. The average Bonchev–Trinajstić information content (AvgIpc) is 3.03. The normalized spacial score (nSPS) is 23.1. The molecule has 0 amide bonds. The maximum atomic E-state index is 7.01. The highest BCUT2D eigenvalue weighted by molar-refractivity contribution is 6.01. The molecule has 0 aromatic heterocycles. The van der Waals surface area contributed by atoms with E-state index in [0.717, 1.165) is 17.9 Å². The first-order valence-electron chi connectivity index (χ1n) is 12.3. The van der Waals surface area contributed by atoms with Gasteiger partial charge < -0.3 is 9.64 Å². The van der Waals surface area contributed by atoms with Crippen molar-refractivity contribution in [2.24, 2.45) is 4.99 Å². The molecule has 0 N–H and O–H groups in total. The zero-order valence-corrected chi connectivity index (χ0v) is 19.9. The Bertz CT molecular complexity index is 1300. The third-order valence-electron chi connectivity index (χ3n) is 8.09. The first-order valence-corrected chi connectivity index (χ1v) is 12.3. The van der Waals surface area contributed by atoms with E-state index in [1.54, 1.807) is 5.57 Å². The standard InChI is InChI=1S/C30H32N2O/c1-29(2)25-16-10-11-17-26(25)32(3)30(29)20-31-28-24-15-9-8-14-23(24)22(19-27(28)33-30)18-21-12-6-4-5-7-13-21/h8-12,14-17,19-20H,4-7,13,18H2,1-3H3. The van der Waals surface area contributed by atoms with Crippen LogP contribution in [0.4, 0.5) is 11.4 Å². The van der Waals surface area contributed by atoms with Crippen molar-refractivity contribution in [1.82, 2.24) is 0 Å². The quantitative estimate of drug-likeness (QED) is 0.389. The molecule has 1 unspecified atom stereocenters. The number of benzene rings is 3. The van der Waals surface area contributed by atoms with Gasteiger partial charge in [0.05, 0.1) is 11.6 Å². The van der Waals surface area contributed by atoms with Crippen LogP contribution in [0.1, 0.15) is 57.1 Å². The number of hydrogen-bond donors (Lipinski definition) is 0. The van der Waals surface area contributed by atoms with Crippen LogP contribution in [0, 0.1) is 0 Å². The van der Waals surface area contributed by atoms with Gasteiger partial charge >= 0.3 is 0 Å². The van der Waals surface area contributed by atoms with Crippen LogP contribution in [0.15, 0.2) is 71.2 Å². The molecule has 0 radical (unpaired) electrons. The number of allylic oxidation sites excluding steroid dienone is 2. The fourth-order valence-electron chi connectivity index (χ4n) is 6.13. The Morgan fingerprint density at radius 3 is 2.61 bits per heavy atom. The summed E-state index contributed by atoms with van der Waals surface area (Å²) < 4.78 is 7.01. The lowest BCUT2D eigenvalue weighted by molar-refractivity contribution is 0.0826. The number of aliphatic imine (C=N–C) groups is 1. The summed E-state index contributed by atoms with van der Waals surface area (Å²) in [5, 5.41) is 2.47. The van der Waals surface area contributed by atoms with Crippen LogP contribution in [0.2, 0.25) is 0 Å². The van der Waals surface area contributed by atoms with Crippen molar-refractivity contribution < 1.29 is 4.74 Å². The smallest absolute Gasteiger partial charge is 0.228 e. The van der Waals surface area contributed by atoms with Gasteiger partial charge in [-0.15, -0.1) is 0 Å².